The Balaban J connectivity index is 1.65. The molecule has 0 spiro atoms. The molecule has 2 amide bonds. The lowest BCUT2D eigenvalue weighted by atomic mass is 10.1. The second-order valence-corrected chi connectivity index (χ2v) is 7.68. The van der Waals surface area contributed by atoms with Gasteiger partial charge in [-0.1, -0.05) is 30.5 Å². The van der Waals surface area contributed by atoms with Crippen LogP contribution in [0.25, 0.3) is 0 Å². The average molecular weight is 357 g/mol. The number of aryl methyl sites for hydroxylation is 1. The number of rotatable bonds is 6. The van der Waals surface area contributed by atoms with Gasteiger partial charge in [0.05, 0.1) is 13.1 Å². The lowest BCUT2D eigenvalue weighted by molar-refractivity contribution is -0.130. The molecule has 0 atom stereocenters. The average Bonchev–Trinajstić information content (AvgIpc) is 3.15. The van der Waals surface area contributed by atoms with Crippen molar-refractivity contribution in [1.82, 2.24) is 10.2 Å². The van der Waals surface area contributed by atoms with E-state index in [2.05, 4.69) is 5.32 Å². The largest absolute Gasteiger partial charge is 0.353 e. The summed E-state index contributed by atoms with van der Waals surface area (Å²) in [4.78, 5) is 29.1. The zero-order chi connectivity index (χ0) is 18.4. The third-order valence-electron chi connectivity index (χ3n) is 5.49. The molecule has 1 heterocycles. The number of piperidine rings is 1. The van der Waals surface area contributed by atoms with E-state index in [0.717, 1.165) is 44.5 Å². The van der Waals surface area contributed by atoms with Crippen LogP contribution in [0.15, 0.2) is 24.3 Å². The molecule has 0 unspecified atom stereocenters. The molecule has 1 aliphatic carbocycles. The van der Waals surface area contributed by atoms with Crippen molar-refractivity contribution in [3.05, 3.63) is 29.8 Å². The molecule has 0 bridgehead atoms. The SMILES string of the molecule is Cc1ccc(N(CC(=O)NC2CCCC2)CC(=O)N2CCCCC2)cc1. The van der Waals surface area contributed by atoms with Crippen LogP contribution in [0.4, 0.5) is 5.69 Å². The number of carbonyl (C=O) groups excluding carboxylic acids is 2. The van der Waals surface area contributed by atoms with Crippen molar-refractivity contribution < 1.29 is 9.59 Å². The van der Waals surface area contributed by atoms with Gasteiger partial charge in [-0.2, -0.15) is 0 Å². The Morgan fingerprint density at radius 3 is 2.31 bits per heavy atom. The summed E-state index contributed by atoms with van der Waals surface area (Å²) in [6.45, 7) is 4.23. The van der Waals surface area contributed by atoms with Crippen LogP contribution < -0.4 is 10.2 Å². The van der Waals surface area contributed by atoms with Crippen molar-refractivity contribution in [2.24, 2.45) is 0 Å². The van der Waals surface area contributed by atoms with Gasteiger partial charge in [-0.15, -0.1) is 0 Å². The van der Waals surface area contributed by atoms with Crippen LogP contribution in [0.3, 0.4) is 0 Å². The summed E-state index contributed by atoms with van der Waals surface area (Å²) in [7, 11) is 0. The smallest absolute Gasteiger partial charge is 0.242 e. The Morgan fingerprint density at radius 2 is 1.65 bits per heavy atom. The number of amides is 2. The first-order valence-corrected chi connectivity index (χ1v) is 10.0. The molecule has 1 aliphatic heterocycles. The van der Waals surface area contributed by atoms with Crippen LogP contribution in [0.1, 0.15) is 50.5 Å². The number of carbonyl (C=O) groups is 2. The van der Waals surface area contributed by atoms with E-state index in [1.165, 1.54) is 24.8 Å². The molecule has 1 N–H and O–H groups in total. The van der Waals surface area contributed by atoms with Gasteiger partial charge in [0.1, 0.15) is 0 Å². The zero-order valence-corrected chi connectivity index (χ0v) is 15.9. The van der Waals surface area contributed by atoms with Crippen molar-refractivity contribution >= 4 is 17.5 Å². The maximum atomic E-state index is 12.7. The fourth-order valence-corrected chi connectivity index (χ4v) is 3.92. The van der Waals surface area contributed by atoms with E-state index in [1.807, 2.05) is 41.0 Å². The van der Waals surface area contributed by atoms with Gasteiger partial charge in [0.25, 0.3) is 0 Å². The van der Waals surface area contributed by atoms with Crippen LogP contribution in [0.2, 0.25) is 0 Å². The fourth-order valence-electron chi connectivity index (χ4n) is 3.92. The van der Waals surface area contributed by atoms with Crippen molar-refractivity contribution in [3.63, 3.8) is 0 Å². The Hall–Kier alpha value is -2.04. The molecule has 3 rings (SSSR count). The maximum Gasteiger partial charge on any atom is 0.242 e. The summed E-state index contributed by atoms with van der Waals surface area (Å²) in [6, 6.07) is 8.37. The lowest BCUT2D eigenvalue weighted by Gasteiger charge is -2.31. The van der Waals surface area contributed by atoms with E-state index in [4.69, 9.17) is 0 Å². The third kappa shape index (κ3) is 5.23. The second-order valence-electron chi connectivity index (χ2n) is 7.68. The normalized spacial score (nSPS) is 18.0. The van der Waals surface area contributed by atoms with Gasteiger partial charge >= 0.3 is 0 Å². The van der Waals surface area contributed by atoms with E-state index < -0.39 is 0 Å². The molecule has 5 heteroatoms. The summed E-state index contributed by atoms with van der Waals surface area (Å²) < 4.78 is 0. The van der Waals surface area contributed by atoms with Crippen LogP contribution >= 0.6 is 0 Å². The number of hydrogen-bond donors (Lipinski definition) is 1. The summed E-state index contributed by atoms with van der Waals surface area (Å²) in [5.41, 5.74) is 2.11. The number of nitrogens with one attached hydrogen (secondary N) is 1. The highest BCUT2D eigenvalue weighted by Gasteiger charge is 2.23. The van der Waals surface area contributed by atoms with Gasteiger partial charge in [0.2, 0.25) is 11.8 Å². The quantitative estimate of drug-likeness (QED) is 0.852. The predicted octanol–water partition coefficient (Wildman–Crippen LogP) is 2.87. The third-order valence-corrected chi connectivity index (χ3v) is 5.49. The molecule has 1 saturated heterocycles. The highest BCUT2D eigenvalue weighted by molar-refractivity contribution is 5.86. The second kappa shape index (κ2) is 9.06. The van der Waals surface area contributed by atoms with Gasteiger partial charge in [-0.3, -0.25) is 9.59 Å². The summed E-state index contributed by atoms with van der Waals surface area (Å²) >= 11 is 0. The molecule has 2 aliphatic rings. The summed E-state index contributed by atoms with van der Waals surface area (Å²) in [5.74, 6) is 0.142. The fraction of sp³-hybridized carbons (Fsp3) is 0.619. The zero-order valence-electron chi connectivity index (χ0n) is 15.9. The summed E-state index contributed by atoms with van der Waals surface area (Å²) in [6.07, 6.45) is 7.90. The predicted molar refractivity (Wildman–Crippen MR) is 104 cm³/mol. The topological polar surface area (TPSA) is 52.7 Å². The molecule has 142 valence electrons. The molecule has 0 radical (unpaired) electrons. The molecule has 0 aromatic heterocycles. The minimum absolute atomic E-state index is 0.0175. The first-order valence-electron chi connectivity index (χ1n) is 10.0. The number of nitrogens with zero attached hydrogens (tertiary/aromatic N) is 2. The molecular weight excluding hydrogens is 326 g/mol. The number of likely N-dealkylation sites (tertiary alicyclic amines) is 1. The van der Waals surface area contributed by atoms with Gasteiger partial charge in [0, 0.05) is 24.8 Å². The Morgan fingerprint density at radius 1 is 1.00 bits per heavy atom. The van der Waals surface area contributed by atoms with E-state index >= 15 is 0 Å². The Kier molecular flexibility index (Phi) is 6.53. The van der Waals surface area contributed by atoms with Crippen molar-refractivity contribution in [1.29, 1.82) is 0 Å². The molecule has 5 nitrogen and oxygen atoms in total. The molecular formula is C21H31N3O2. The van der Waals surface area contributed by atoms with E-state index in [0.29, 0.717) is 6.04 Å². The minimum Gasteiger partial charge on any atom is -0.353 e. The number of benzene rings is 1. The molecule has 1 saturated carbocycles. The van der Waals surface area contributed by atoms with Crippen LogP contribution in [0, 0.1) is 6.92 Å². The minimum atomic E-state index is 0.0175. The first-order chi connectivity index (χ1) is 12.6. The van der Waals surface area contributed by atoms with Gasteiger partial charge in [0.15, 0.2) is 0 Å². The maximum absolute atomic E-state index is 12.7. The number of hydrogen-bond acceptors (Lipinski definition) is 3. The highest BCUT2D eigenvalue weighted by Crippen LogP contribution is 2.19. The van der Waals surface area contributed by atoms with Gasteiger partial charge < -0.3 is 15.1 Å². The lowest BCUT2D eigenvalue weighted by Crippen LogP contribution is -2.47. The van der Waals surface area contributed by atoms with E-state index in [1.54, 1.807) is 0 Å². The van der Waals surface area contributed by atoms with Gasteiger partial charge in [-0.25, -0.2) is 0 Å². The monoisotopic (exact) mass is 357 g/mol. The van der Waals surface area contributed by atoms with Crippen molar-refractivity contribution in [2.75, 3.05) is 31.1 Å². The van der Waals surface area contributed by atoms with Gasteiger partial charge in [-0.05, 0) is 51.2 Å². The van der Waals surface area contributed by atoms with Crippen molar-refractivity contribution in [3.8, 4) is 0 Å². The first kappa shape index (κ1) is 18.7. The molecule has 1 aromatic rings. The van der Waals surface area contributed by atoms with E-state index in [9.17, 15) is 9.59 Å². The van der Waals surface area contributed by atoms with Crippen LogP contribution in [-0.2, 0) is 9.59 Å². The highest BCUT2D eigenvalue weighted by atomic mass is 16.2. The van der Waals surface area contributed by atoms with Crippen molar-refractivity contribution in [2.45, 2.75) is 57.9 Å². The Labute approximate surface area is 156 Å². The molecule has 2 fully saturated rings. The molecule has 1 aromatic carbocycles. The Bertz CT molecular complexity index is 602. The molecule has 26 heavy (non-hydrogen) atoms. The van der Waals surface area contributed by atoms with Crippen LogP contribution in [0.5, 0.6) is 0 Å². The standard InChI is InChI=1S/C21H31N3O2/c1-17-9-11-19(12-10-17)24(15-20(25)22-18-7-3-4-8-18)16-21(26)23-13-5-2-6-14-23/h9-12,18H,2-8,13-16H2,1H3,(H,22,25). The van der Waals surface area contributed by atoms with E-state index in [-0.39, 0.29) is 24.9 Å². The number of anilines is 1. The summed E-state index contributed by atoms with van der Waals surface area (Å²) in [5, 5.41) is 3.14. The van der Waals surface area contributed by atoms with Crippen LogP contribution in [-0.4, -0.2) is 48.9 Å².